The second-order valence-corrected chi connectivity index (χ2v) is 10.0. The second-order valence-electron chi connectivity index (χ2n) is 10.0. The Balaban J connectivity index is 1.94. The molecule has 0 radical (unpaired) electrons. The molecule has 3 rings (SSSR count). The van der Waals surface area contributed by atoms with Crippen molar-refractivity contribution in [3.05, 3.63) is 62.1 Å². The van der Waals surface area contributed by atoms with Gasteiger partial charge < -0.3 is 20.1 Å². The molecule has 198 valence electrons. The van der Waals surface area contributed by atoms with E-state index in [-0.39, 0.29) is 23.7 Å². The highest BCUT2D eigenvalue weighted by Crippen LogP contribution is 2.38. The molecule has 0 spiro atoms. The first-order valence-electron chi connectivity index (χ1n) is 12.5. The number of H-pyrrole nitrogens is 1. The Morgan fingerprint density at radius 1 is 1.06 bits per heavy atom. The molecule has 0 unspecified atom stereocenters. The van der Waals surface area contributed by atoms with Crippen molar-refractivity contribution in [1.29, 1.82) is 0 Å². The van der Waals surface area contributed by atoms with E-state index in [1.54, 1.807) is 26.8 Å². The fourth-order valence-electron chi connectivity index (χ4n) is 5.27. The SMILES string of the molecule is CCN(c1cc(C(F)(F)F)cc(C(=O)NCc2c(C)cc(C)[nH]c2=O)c1C)[C@H]1CC[C@H](N(C)C)CC1. The summed E-state index contributed by atoms with van der Waals surface area (Å²) in [5.74, 6) is -0.633. The van der Waals surface area contributed by atoms with Crippen LogP contribution >= 0.6 is 0 Å². The van der Waals surface area contributed by atoms with Crippen molar-refractivity contribution in [2.45, 2.75) is 78.2 Å². The van der Waals surface area contributed by atoms with Crippen molar-refractivity contribution in [2.75, 3.05) is 25.5 Å². The first kappa shape index (κ1) is 27.8. The zero-order valence-corrected chi connectivity index (χ0v) is 22.0. The summed E-state index contributed by atoms with van der Waals surface area (Å²) in [7, 11) is 4.10. The van der Waals surface area contributed by atoms with Crippen molar-refractivity contribution in [1.82, 2.24) is 15.2 Å². The predicted molar refractivity (Wildman–Crippen MR) is 137 cm³/mol. The predicted octanol–water partition coefficient (Wildman–Crippen LogP) is 4.95. The highest BCUT2D eigenvalue weighted by atomic mass is 19.4. The lowest BCUT2D eigenvalue weighted by Crippen LogP contribution is -2.42. The second kappa shape index (κ2) is 11.1. The van der Waals surface area contributed by atoms with E-state index in [1.807, 2.05) is 11.8 Å². The van der Waals surface area contributed by atoms with Gasteiger partial charge in [-0.05, 0) is 96.8 Å². The number of aromatic nitrogens is 1. The molecule has 9 heteroatoms. The van der Waals surface area contributed by atoms with E-state index in [9.17, 15) is 22.8 Å². The van der Waals surface area contributed by atoms with Crippen molar-refractivity contribution in [3.63, 3.8) is 0 Å². The third-order valence-corrected chi connectivity index (χ3v) is 7.36. The van der Waals surface area contributed by atoms with Crippen molar-refractivity contribution in [2.24, 2.45) is 0 Å². The van der Waals surface area contributed by atoms with Crippen LogP contribution in [0.3, 0.4) is 0 Å². The van der Waals surface area contributed by atoms with E-state index in [1.165, 1.54) is 6.07 Å². The summed E-state index contributed by atoms with van der Waals surface area (Å²) >= 11 is 0. The first-order chi connectivity index (χ1) is 16.8. The van der Waals surface area contributed by atoms with Crippen LogP contribution in [-0.4, -0.2) is 48.5 Å². The number of aromatic amines is 1. The monoisotopic (exact) mass is 506 g/mol. The largest absolute Gasteiger partial charge is 0.416 e. The molecule has 0 atom stereocenters. The summed E-state index contributed by atoms with van der Waals surface area (Å²) in [4.78, 5) is 32.4. The van der Waals surface area contributed by atoms with Crippen LogP contribution in [0.5, 0.6) is 0 Å². The van der Waals surface area contributed by atoms with Crippen molar-refractivity contribution in [3.8, 4) is 0 Å². The number of carbonyl (C=O) groups excluding carboxylic acids is 1. The van der Waals surface area contributed by atoms with Crippen LogP contribution in [0.1, 0.15) is 70.9 Å². The highest BCUT2D eigenvalue weighted by Gasteiger charge is 2.35. The number of nitrogens with one attached hydrogen (secondary N) is 2. The van der Waals surface area contributed by atoms with Crippen LogP contribution in [0.2, 0.25) is 0 Å². The number of alkyl halides is 3. The maximum atomic E-state index is 13.9. The maximum Gasteiger partial charge on any atom is 0.416 e. The summed E-state index contributed by atoms with van der Waals surface area (Å²) < 4.78 is 41.7. The Morgan fingerprint density at radius 3 is 2.19 bits per heavy atom. The average Bonchev–Trinajstić information content (AvgIpc) is 2.79. The quantitative estimate of drug-likeness (QED) is 0.558. The zero-order chi connectivity index (χ0) is 26.8. The molecular formula is C27H37F3N4O2. The molecule has 1 saturated carbocycles. The molecule has 0 bridgehead atoms. The van der Waals surface area contributed by atoms with Gasteiger partial charge in [-0.15, -0.1) is 0 Å². The van der Waals surface area contributed by atoms with Gasteiger partial charge >= 0.3 is 6.18 Å². The number of amides is 1. The Hall–Kier alpha value is -2.81. The summed E-state index contributed by atoms with van der Waals surface area (Å²) in [5.41, 5.74) is 1.54. The van der Waals surface area contributed by atoms with Crippen molar-refractivity contribution < 1.29 is 18.0 Å². The number of hydrogen-bond acceptors (Lipinski definition) is 4. The molecule has 2 aromatic rings. The Labute approximate surface area is 210 Å². The summed E-state index contributed by atoms with van der Waals surface area (Å²) in [5, 5.41) is 2.67. The Bertz CT molecular complexity index is 1150. The van der Waals surface area contributed by atoms with Crippen LogP contribution in [0.15, 0.2) is 23.0 Å². The van der Waals surface area contributed by atoms with Gasteiger partial charge in [-0.2, -0.15) is 13.2 Å². The third-order valence-electron chi connectivity index (χ3n) is 7.36. The minimum absolute atomic E-state index is 0.0264. The van der Waals surface area contributed by atoms with Gasteiger partial charge in [0, 0.05) is 47.7 Å². The molecule has 1 fully saturated rings. The Kier molecular flexibility index (Phi) is 8.54. The van der Waals surface area contributed by atoms with E-state index in [0.29, 0.717) is 40.7 Å². The number of nitrogens with zero attached hydrogens (tertiary/aromatic N) is 2. The van der Waals surface area contributed by atoms with Gasteiger partial charge in [-0.3, -0.25) is 9.59 Å². The molecule has 0 saturated heterocycles. The Morgan fingerprint density at radius 2 is 1.67 bits per heavy atom. The van der Waals surface area contributed by atoms with Gasteiger partial charge in [0.1, 0.15) is 0 Å². The number of carbonyl (C=O) groups is 1. The lowest BCUT2D eigenvalue weighted by molar-refractivity contribution is -0.137. The van der Waals surface area contributed by atoms with Crippen LogP contribution in [0.25, 0.3) is 0 Å². The molecule has 1 aromatic heterocycles. The molecule has 1 aliphatic carbocycles. The minimum Gasteiger partial charge on any atom is -0.369 e. The standard InChI is InChI=1S/C27H37F3N4O2/c1-7-34(21-10-8-20(9-11-21)33(5)6)24-14-19(27(28,29)30)13-22(18(24)4)25(35)31-15-23-16(2)12-17(3)32-26(23)36/h12-14,20-21H,7-11,15H2,1-6H3,(H,31,35)(H,32,36)/t20-,21-. The number of benzene rings is 1. The number of rotatable bonds is 7. The lowest BCUT2D eigenvalue weighted by Gasteiger charge is -2.40. The fraction of sp³-hybridized carbons (Fsp3) is 0.556. The number of aryl methyl sites for hydroxylation is 2. The van der Waals surface area contributed by atoms with Crippen LogP contribution in [-0.2, 0) is 12.7 Å². The van der Waals surface area contributed by atoms with Crippen LogP contribution in [0.4, 0.5) is 18.9 Å². The summed E-state index contributed by atoms with van der Waals surface area (Å²) in [6.07, 6.45) is -0.884. The highest BCUT2D eigenvalue weighted by molar-refractivity contribution is 5.97. The van der Waals surface area contributed by atoms with Gasteiger partial charge in [-0.1, -0.05) is 0 Å². The van der Waals surface area contributed by atoms with Gasteiger partial charge in [0.15, 0.2) is 0 Å². The maximum absolute atomic E-state index is 13.9. The van der Waals surface area contributed by atoms with Gasteiger partial charge in [0.2, 0.25) is 0 Å². The summed E-state index contributed by atoms with van der Waals surface area (Å²) in [6.45, 7) is 7.63. The fourth-order valence-corrected chi connectivity index (χ4v) is 5.27. The van der Waals surface area contributed by atoms with E-state index in [2.05, 4.69) is 29.3 Å². The smallest absolute Gasteiger partial charge is 0.369 e. The van der Waals surface area contributed by atoms with Crippen molar-refractivity contribution >= 4 is 11.6 Å². The molecule has 2 N–H and O–H groups in total. The molecule has 6 nitrogen and oxygen atoms in total. The number of anilines is 1. The molecule has 36 heavy (non-hydrogen) atoms. The number of halogens is 3. The molecule has 1 heterocycles. The molecule has 1 amide bonds. The summed E-state index contributed by atoms with van der Waals surface area (Å²) in [6, 6.07) is 4.45. The lowest BCUT2D eigenvalue weighted by atomic mass is 9.88. The average molecular weight is 507 g/mol. The number of pyridine rings is 1. The molecule has 1 aliphatic rings. The van der Waals surface area contributed by atoms with E-state index in [0.717, 1.165) is 31.7 Å². The van der Waals surface area contributed by atoms with Gasteiger partial charge in [0.05, 0.1) is 5.56 Å². The molecular weight excluding hydrogens is 469 g/mol. The third kappa shape index (κ3) is 6.11. The van der Waals surface area contributed by atoms with Crippen LogP contribution < -0.4 is 15.8 Å². The van der Waals surface area contributed by atoms with E-state index < -0.39 is 17.6 Å². The van der Waals surface area contributed by atoms with E-state index >= 15 is 0 Å². The minimum atomic E-state index is -4.59. The molecule has 0 aliphatic heterocycles. The van der Waals surface area contributed by atoms with Gasteiger partial charge in [0.25, 0.3) is 11.5 Å². The number of hydrogen-bond donors (Lipinski definition) is 2. The normalized spacial score (nSPS) is 18.4. The van der Waals surface area contributed by atoms with E-state index in [4.69, 9.17) is 0 Å². The zero-order valence-electron chi connectivity index (χ0n) is 22.0. The first-order valence-corrected chi connectivity index (χ1v) is 12.5. The molecule has 1 aromatic carbocycles. The topological polar surface area (TPSA) is 68.4 Å². The van der Waals surface area contributed by atoms with Gasteiger partial charge in [-0.25, -0.2) is 0 Å². The van der Waals surface area contributed by atoms with Crippen LogP contribution in [0, 0.1) is 20.8 Å².